The summed E-state index contributed by atoms with van der Waals surface area (Å²) in [5.74, 6) is 0.190. The second-order valence-corrected chi connectivity index (χ2v) is 3.68. The molecule has 0 aliphatic heterocycles. The smallest absolute Gasteiger partial charge is 0.162 e. The largest absolute Gasteiger partial charge is 0.294 e. The highest BCUT2D eigenvalue weighted by molar-refractivity contribution is 6.30. The van der Waals surface area contributed by atoms with Crippen LogP contribution in [0.1, 0.15) is 36.0 Å². The Morgan fingerprint density at radius 2 is 1.86 bits per heavy atom. The molecule has 0 aliphatic carbocycles. The molecular formula is C12H14ClO. The number of unbranched alkanes of at least 4 members (excludes halogenated alkanes) is 2. The van der Waals surface area contributed by atoms with Gasteiger partial charge in [-0.2, -0.15) is 0 Å². The van der Waals surface area contributed by atoms with Gasteiger partial charge < -0.3 is 0 Å². The molecule has 0 unspecified atom stereocenters. The Morgan fingerprint density at radius 3 is 2.43 bits per heavy atom. The van der Waals surface area contributed by atoms with Gasteiger partial charge >= 0.3 is 0 Å². The molecule has 2 heteroatoms. The SMILES string of the molecule is [CH2]CCCCC(=O)c1ccc(Cl)cc1. The molecule has 0 N–H and O–H groups in total. The van der Waals surface area contributed by atoms with E-state index in [9.17, 15) is 4.79 Å². The molecule has 0 atom stereocenters. The maximum Gasteiger partial charge on any atom is 0.162 e. The zero-order valence-electron chi connectivity index (χ0n) is 8.13. The van der Waals surface area contributed by atoms with E-state index in [0.29, 0.717) is 11.4 Å². The fourth-order valence-corrected chi connectivity index (χ4v) is 1.37. The lowest BCUT2D eigenvalue weighted by molar-refractivity contribution is 0.0979. The fourth-order valence-electron chi connectivity index (χ4n) is 1.24. The molecule has 0 saturated heterocycles. The van der Waals surface area contributed by atoms with Gasteiger partial charge in [-0.15, -0.1) is 0 Å². The molecule has 0 bridgehead atoms. The van der Waals surface area contributed by atoms with Crippen LogP contribution in [0.4, 0.5) is 0 Å². The van der Waals surface area contributed by atoms with Gasteiger partial charge in [0.1, 0.15) is 0 Å². The highest BCUT2D eigenvalue weighted by Crippen LogP contribution is 2.12. The average Bonchev–Trinajstić information content (AvgIpc) is 2.19. The Balaban J connectivity index is 2.48. The minimum Gasteiger partial charge on any atom is -0.294 e. The Bertz CT molecular complexity index is 290. The van der Waals surface area contributed by atoms with Crippen LogP contribution in [0.3, 0.4) is 0 Å². The van der Waals surface area contributed by atoms with Crippen LogP contribution in [0.2, 0.25) is 5.02 Å². The van der Waals surface area contributed by atoms with Crippen LogP contribution < -0.4 is 0 Å². The first kappa shape index (κ1) is 11.3. The maximum absolute atomic E-state index is 11.6. The molecule has 14 heavy (non-hydrogen) atoms. The maximum atomic E-state index is 11.6. The minimum absolute atomic E-state index is 0.190. The van der Waals surface area contributed by atoms with Crippen LogP contribution in [0.5, 0.6) is 0 Å². The van der Waals surface area contributed by atoms with E-state index in [4.69, 9.17) is 11.6 Å². The molecule has 0 fully saturated rings. The zero-order chi connectivity index (χ0) is 10.4. The van der Waals surface area contributed by atoms with E-state index in [1.165, 1.54) is 0 Å². The number of rotatable bonds is 5. The van der Waals surface area contributed by atoms with Crippen LogP contribution in [-0.4, -0.2) is 5.78 Å². The molecule has 0 spiro atoms. The number of halogens is 1. The number of carbonyl (C=O) groups excluding carboxylic acids is 1. The summed E-state index contributed by atoms with van der Waals surface area (Å²) < 4.78 is 0. The van der Waals surface area contributed by atoms with Gasteiger partial charge in [-0.3, -0.25) is 4.79 Å². The Hall–Kier alpha value is -0.820. The van der Waals surface area contributed by atoms with Gasteiger partial charge in [0, 0.05) is 17.0 Å². The van der Waals surface area contributed by atoms with Crippen LogP contribution in [0.25, 0.3) is 0 Å². The number of ketones is 1. The third-order valence-electron chi connectivity index (χ3n) is 2.07. The molecule has 1 aromatic carbocycles. The molecule has 1 aromatic rings. The van der Waals surface area contributed by atoms with Crippen LogP contribution >= 0.6 is 11.6 Å². The predicted octanol–water partition coefficient (Wildman–Crippen LogP) is 3.92. The second kappa shape index (κ2) is 5.82. The number of carbonyl (C=O) groups is 1. The summed E-state index contributed by atoms with van der Waals surface area (Å²) >= 11 is 5.72. The second-order valence-electron chi connectivity index (χ2n) is 3.24. The summed E-state index contributed by atoms with van der Waals surface area (Å²) in [7, 11) is 0. The number of hydrogen-bond acceptors (Lipinski definition) is 1. The van der Waals surface area contributed by atoms with Crippen molar-refractivity contribution in [2.45, 2.75) is 25.7 Å². The van der Waals surface area contributed by atoms with Crippen molar-refractivity contribution in [1.82, 2.24) is 0 Å². The molecular weight excluding hydrogens is 196 g/mol. The molecule has 0 aromatic heterocycles. The quantitative estimate of drug-likeness (QED) is 0.531. The predicted molar refractivity (Wildman–Crippen MR) is 59.6 cm³/mol. The lowest BCUT2D eigenvalue weighted by Crippen LogP contribution is -1.98. The van der Waals surface area contributed by atoms with Crippen molar-refractivity contribution in [2.24, 2.45) is 0 Å². The standard InChI is InChI=1S/C12H14ClO/c1-2-3-4-5-12(14)10-6-8-11(13)9-7-10/h6-9H,1-5H2. The third-order valence-corrected chi connectivity index (χ3v) is 2.32. The highest BCUT2D eigenvalue weighted by atomic mass is 35.5. The van der Waals surface area contributed by atoms with Crippen molar-refractivity contribution in [3.8, 4) is 0 Å². The summed E-state index contributed by atoms with van der Waals surface area (Å²) in [4.78, 5) is 11.6. The lowest BCUT2D eigenvalue weighted by Gasteiger charge is -2.00. The monoisotopic (exact) mass is 209 g/mol. The highest BCUT2D eigenvalue weighted by Gasteiger charge is 2.04. The molecule has 0 aliphatic rings. The molecule has 0 saturated carbocycles. The Kier molecular flexibility index (Phi) is 4.68. The Labute approximate surface area is 90.1 Å². The first-order valence-electron chi connectivity index (χ1n) is 4.82. The van der Waals surface area contributed by atoms with E-state index in [2.05, 4.69) is 6.92 Å². The van der Waals surface area contributed by atoms with Crippen LogP contribution in [0, 0.1) is 6.92 Å². The van der Waals surface area contributed by atoms with Crippen molar-refractivity contribution >= 4 is 17.4 Å². The van der Waals surface area contributed by atoms with Gasteiger partial charge in [-0.25, -0.2) is 0 Å². The summed E-state index contributed by atoms with van der Waals surface area (Å²) in [5, 5.41) is 0.666. The number of Topliss-reactive ketones (excluding diaryl/α,β-unsaturated/α-hetero) is 1. The number of benzene rings is 1. The van der Waals surface area contributed by atoms with E-state index in [1.807, 2.05) is 0 Å². The van der Waals surface area contributed by atoms with Gasteiger partial charge in [0.05, 0.1) is 0 Å². The van der Waals surface area contributed by atoms with Crippen molar-refractivity contribution < 1.29 is 4.79 Å². The van der Waals surface area contributed by atoms with Crippen LogP contribution in [0.15, 0.2) is 24.3 Å². The normalized spacial score (nSPS) is 10.1. The van der Waals surface area contributed by atoms with E-state index in [-0.39, 0.29) is 5.78 Å². The summed E-state index contributed by atoms with van der Waals surface area (Å²) in [5.41, 5.74) is 0.749. The summed E-state index contributed by atoms with van der Waals surface area (Å²) in [6.45, 7) is 3.74. The van der Waals surface area contributed by atoms with Gasteiger partial charge in [-0.05, 0) is 30.7 Å². The first-order chi connectivity index (χ1) is 6.74. The minimum atomic E-state index is 0.190. The third kappa shape index (κ3) is 3.51. The van der Waals surface area contributed by atoms with E-state index in [1.54, 1.807) is 24.3 Å². The van der Waals surface area contributed by atoms with Gasteiger partial charge in [0.2, 0.25) is 0 Å². The molecule has 1 nitrogen and oxygen atoms in total. The summed E-state index contributed by atoms with van der Waals surface area (Å²) in [6, 6.07) is 7.04. The van der Waals surface area contributed by atoms with E-state index < -0.39 is 0 Å². The molecule has 0 heterocycles. The fraction of sp³-hybridized carbons (Fsp3) is 0.333. The van der Waals surface area contributed by atoms with Crippen molar-refractivity contribution in [1.29, 1.82) is 0 Å². The molecule has 1 rings (SSSR count). The van der Waals surface area contributed by atoms with Gasteiger partial charge in [0.25, 0.3) is 0 Å². The van der Waals surface area contributed by atoms with Crippen molar-refractivity contribution in [2.75, 3.05) is 0 Å². The molecule has 1 radical (unpaired) electrons. The Morgan fingerprint density at radius 1 is 1.21 bits per heavy atom. The average molecular weight is 210 g/mol. The van der Waals surface area contributed by atoms with Crippen molar-refractivity contribution in [3.63, 3.8) is 0 Å². The van der Waals surface area contributed by atoms with E-state index in [0.717, 1.165) is 24.8 Å². The van der Waals surface area contributed by atoms with Gasteiger partial charge in [-0.1, -0.05) is 31.4 Å². The van der Waals surface area contributed by atoms with Gasteiger partial charge in [0.15, 0.2) is 5.78 Å². The molecule has 75 valence electrons. The molecule has 0 amide bonds. The zero-order valence-corrected chi connectivity index (χ0v) is 8.89. The van der Waals surface area contributed by atoms with Crippen molar-refractivity contribution in [3.05, 3.63) is 41.8 Å². The van der Waals surface area contributed by atoms with Crippen LogP contribution in [-0.2, 0) is 0 Å². The first-order valence-corrected chi connectivity index (χ1v) is 5.20. The summed E-state index contributed by atoms with van der Waals surface area (Å²) in [6.07, 6.45) is 3.44. The topological polar surface area (TPSA) is 17.1 Å². The van der Waals surface area contributed by atoms with E-state index >= 15 is 0 Å². The number of hydrogen-bond donors (Lipinski definition) is 0. The lowest BCUT2D eigenvalue weighted by atomic mass is 10.1.